The monoisotopic (exact) mass is 257 g/mol. The van der Waals surface area contributed by atoms with E-state index in [1.54, 1.807) is 29.0 Å². The molecule has 2 heterocycles. The first kappa shape index (κ1) is 12.6. The Morgan fingerprint density at radius 2 is 1.94 bits per heavy atom. The molecule has 0 spiro atoms. The van der Waals surface area contributed by atoms with Crippen molar-refractivity contribution in [3.63, 3.8) is 0 Å². The molecular formula is C11H19N3O2S. The van der Waals surface area contributed by atoms with Gasteiger partial charge in [0.2, 0.25) is 0 Å². The van der Waals surface area contributed by atoms with Crippen LogP contribution in [0.1, 0.15) is 25.6 Å². The van der Waals surface area contributed by atoms with E-state index >= 15 is 0 Å². The second-order valence-electron chi connectivity index (χ2n) is 4.82. The summed E-state index contributed by atoms with van der Waals surface area (Å²) in [4.78, 5) is 4.11. The molecule has 5 nitrogen and oxygen atoms in total. The molecule has 0 radical (unpaired) electrons. The fourth-order valence-electron chi connectivity index (χ4n) is 2.01. The van der Waals surface area contributed by atoms with Gasteiger partial charge in [0, 0.05) is 26.3 Å². The number of nitrogens with zero attached hydrogens (tertiary/aromatic N) is 3. The molecule has 0 unspecified atom stereocenters. The van der Waals surface area contributed by atoms with E-state index in [0.29, 0.717) is 24.8 Å². The molecule has 1 aliphatic heterocycles. The van der Waals surface area contributed by atoms with E-state index in [-0.39, 0.29) is 5.03 Å². The van der Waals surface area contributed by atoms with Crippen molar-refractivity contribution in [3.05, 3.63) is 12.0 Å². The molecule has 1 aliphatic rings. The molecule has 0 amide bonds. The molecule has 0 bridgehead atoms. The molecule has 0 aromatic carbocycles. The molecule has 96 valence electrons. The lowest BCUT2D eigenvalue weighted by molar-refractivity contribution is 0.287. The molecule has 0 saturated carbocycles. The topological polar surface area (TPSA) is 55.2 Å². The van der Waals surface area contributed by atoms with Gasteiger partial charge < -0.3 is 4.57 Å². The van der Waals surface area contributed by atoms with E-state index in [4.69, 9.17) is 0 Å². The Kier molecular flexibility index (Phi) is 3.27. The SMILES string of the molecule is Cc1nc(S(=O)(=O)N2CCC(C)CC2)cn1C. The van der Waals surface area contributed by atoms with Gasteiger partial charge >= 0.3 is 0 Å². The van der Waals surface area contributed by atoms with Gasteiger partial charge in [-0.25, -0.2) is 13.4 Å². The summed E-state index contributed by atoms with van der Waals surface area (Å²) < 4.78 is 27.9. The Morgan fingerprint density at radius 3 is 2.41 bits per heavy atom. The van der Waals surface area contributed by atoms with Gasteiger partial charge in [0.25, 0.3) is 10.0 Å². The quantitative estimate of drug-likeness (QED) is 0.798. The van der Waals surface area contributed by atoms with Gasteiger partial charge in [-0.3, -0.25) is 0 Å². The second kappa shape index (κ2) is 4.42. The van der Waals surface area contributed by atoms with Gasteiger partial charge in [-0.15, -0.1) is 0 Å². The van der Waals surface area contributed by atoms with Crippen LogP contribution in [0.4, 0.5) is 0 Å². The van der Waals surface area contributed by atoms with Crippen LogP contribution in [0.3, 0.4) is 0 Å². The van der Waals surface area contributed by atoms with Crippen molar-refractivity contribution in [1.29, 1.82) is 0 Å². The predicted molar refractivity (Wildman–Crippen MR) is 65.1 cm³/mol. The second-order valence-corrected chi connectivity index (χ2v) is 6.71. The standard InChI is InChI=1S/C11H19N3O2S/c1-9-4-6-14(7-5-9)17(15,16)11-8-13(3)10(2)12-11/h8-9H,4-7H2,1-3H3. The lowest BCUT2D eigenvalue weighted by Gasteiger charge is -2.28. The van der Waals surface area contributed by atoms with Crippen molar-refractivity contribution in [2.45, 2.75) is 31.7 Å². The predicted octanol–water partition coefficient (Wildman–Crippen LogP) is 1.15. The summed E-state index contributed by atoms with van der Waals surface area (Å²) in [6.07, 6.45) is 3.46. The van der Waals surface area contributed by atoms with Gasteiger partial charge in [0.05, 0.1) is 0 Å². The largest absolute Gasteiger partial charge is 0.337 e. The average molecular weight is 257 g/mol. The number of sulfonamides is 1. The summed E-state index contributed by atoms with van der Waals surface area (Å²) in [5.74, 6) is 1.33. The minimum Gasteiger partial charge on any atom is -0.337 e. The average Bonchev–Trinajstić information content (AvgIpc) is 2.60. The lowest BCUT2D eigenvalue weighted by Crippen LogP contribution is -2.38. The van der Waals surface area contributed by atoms with Gasteiger partial charge in [-0.1, -0.05) is 6.92 Å². The molecule has 1 saturated heterocycles. The van der Waals surface area contributed by atoms with Gasteiger partial charge in [-0.05, 0) is 25.7 Å². The summed E-state index contributed by atoms with van der Waals surface area (Å²) >= 11 is 0. The zero-order valence-electron chi connectivity index (χ0n) is 10.5. The number of imidazole rings is 1. The molecule has 0 atom stereocenters. The molecule has 1 fully saturated rings. The van der Waals surface area contributed by atoms with Crippen LogP contribution in [0.2, 0.25) is 0 Å². The Hall–Kier alpha value is -0.880. The Morgan fingerprint density at radius 1 is 1.35 bits per heavy atom. The molecule has 0 N–H and O–H groups in total. The van der Waals surface area contributed by atoms with Crippen molar-refractivity contribution in [3.8, 4) is 0 Å². The molecule has 1 aromatic rings. The van der Waals surface area contributed by atoms with Crippen molar-refractivity contribution < 1.29 is 8.42 Å². The number of rotatable bonds is 2. The normalized spacial score (nSPS) is 19.7. The Labute approximate surface area is 103 Å². The lowest BCUT2D eigenvalue weighted by atomic mass is 10.0. The van der Waals surface area contributed by atoms with Gasteiger partial charge in [-0.2, -0.15) is 4.31 Å². The third-order valence-electron chi connectivity index (χ3n) is 3.43. The number of aromatic nitrogens is 2. The van der Waals surface area contributed by atoms with E-state index in [1.807, 2.05) is 0 Å². The summed E-state index contributed by atoms with van der Waals surface area (Å²) in [6, 6.07) is 0. The maximum absolute atomic E-state index is 12.3. The number of aryl methyl sites for hydroxylation is 2. The van der Waals surface area contributed by atoms with Crippen molar-refractivity contribution >= 4 is 10.0 Å². The molecule has 1 aromatic heterocycles. The van der Waals surface area contributed by atoms with Crippen molar-refractivity contribution in [2.24, 2.45) is 13.0 Å². The van der Waals surface area contributed by atoms with E-state index in [1.165, 1.54) is 0 Å². The summed E-state index contributed by atoms with van der Waals surface area (Å²) in [7, 11) is -1.58. The van der Waals surface area contributed by atoms with Gasteiger partial charge in [0.15, 0.2) is 5.03 Å². The maximum Gasteiger partial charge on any atom is 0.262 e. The van der Waals surface area contributed by atoms with Crippen LogP contribution in [0.5, 0.6) is 0 Å². The molecule has 6 heteroatoms. The van der Waals surface area contributed by atoms with E-state index in [0.717, 1.165) is 12.8 Å². The summed E-state index contributed by atoms with van der Waals surface area (Å²) in [6.45, 7) is 5.18. The first-order valence-electron chi connectivity index (χ1n) is 5.91. The third-order valence-corrected chi connectivity index (χ3v) is 5.20. The fourth-order valence-corrected chi connectivity index (χ4v) is 3.50. The van der Waals surface area contributed by atoms with E-state index < -0.39 is 10.0 Å². The number of piperidine rings is 1. The third kappa shape index (κ3) is 2.37. The fraction of sp³-hybridized carbons (Fsp3) is 0.727. The molecule has 0 aliphatic carbocycles. The minimum absolute atomic E-state index is 0.173. The number of hydrogen-bond donors (Lipinski definition) is 0. The van der Waals surface area contributed by atoms with Crippen LogP contribution in [0.25, 0.3) is 0 Å². The zero-order chi connectivity index (χ0) is 12.6. The maximum atomic E-state index is 12.3. The first-order valence-corrected chi connectivity index (χ1v) is 7.35. The summed E-state index contributed by atoms with van der Waals surface area (Å²) in [5, 5.41) is 0.173. The van der Waals surface area contributed by atoms with Crippen LogP contribution >= 0.6 is 0 Å². The molecule has 2 rings (SSSR count). The van der Waals surface area contributed by atoms with Crippen LogP contribution in [-0.4, -0.2) is 35.4 Å². The van der Waals surface area contributed by atoms with Crippen LogP contribution < -0.4 is 0 Å². The van der Waals surface area contributed by atoms with Gasteiger partial charge in [0.1, 0.15) is 5.82 Å². The summed E-state index contributed by atoms with van der Waals surface area (Å²) in [5.41, 5.74) is 0. The molecule has 17 heavy (non-hydrogen) atoms. The highest BCUT2D eigenvalue weighted by Gasteiger charge is 2.30. The highest BCUT2D eigenvalue weighted by molar-refractivity contribution is 7.89. The highest BCUT2D eigenvalue weighted by Crippen LogP contribution is 2.22. The van der Waals surface area contributed by atoms with Crippen molar-refractivity contribution in [2.75, 3.05) is 13.1 Å². The minimum atomic E-state index is -3.39. The van der Waals surface area contributed by atoms with E-state index in [9.17, 15) is 8.42 Å². The highest BCUT2D eigenvalue weighted by atomic mass is 32.2. The van der Waals surface area contributed by atoms with Crippen LogP contribution in [0.15, 0.2) is 11.2 Å². The first-order chi connectivity index (χ1) is 7.91. The van der Waals surface area contributed by atoms with Crippen molar-refractivity contribution in [1.82, 2.24) is 13.9 Å². The zero-order valence-corrected chi connectivity index (χ0v) is 11.4. The van der Waals surface area contributed by atoms with Crippen LogP contribution in [0, 0.1) is 12.8 Å². The Bertz CT molecular complexity index is 479. The van der Waals surface area contributed by atoms with Crippen LogP contribution in [-0.2, 0) is 17.1 Å². The van der Waals surface area contributed by atoms with E-state index in [2.05, 4.69) is 11.9 Å². The number of hydrogen-bond acceptors (Lipinski definition) is 3. The molecular weight excluding hydrogens is 238 g/mol. The Balaban J connectivity index is 2.24. The smallest absolute Gasteiger partial charge is 0.262 e.